The highest BCUT2D eigenvalue weighted by atomic mass is 16.3. The maximum Gasteiger partial charge on any atom is 0.313 e. The average molecular weight is 341 g/mol. The van der Waals surface area contributed by atoms with Crippen LogP contribution >= 0.6 is 0 Å². The highest BCUT2D eigenvalue weighted by Crippen LogP contribution is 2.40. The summed E-state index contributed by atoms with van der Waals surface area (Å²) >= 11 is 0. The molecule has 2 fully saturated rings. The van der Waals surface area contributed by atoms with Crippen molar-refractivity contribution in [2.24, 2.45) is 5.92 Å². The van der Waals surface area contributed by atoms with Gasteiger partial charge in [-0.2, -0.15) is 0 Å². The molecule has 25 heavy (non-hydrogen) atoms. The largest absolute Gasteiger partial charge is 0.440 e. The Bertz CT molecular complexity index is 809. The predicted molar refractivity (Wildman–Crippen MR) is 94.2 cm³/mol. The van der Waals surface area contributed by atoms with Gasteiger partial charge in [-0.3, -0.25) is 9.59 Å². The number of amides is 2. The summed E-state index contributed by atoms with van der Waals surface area (Å²) in [5, 5.41) is 5.53. The molecule has 1 heterocycles. The maximum absolute atomic E-state index is 12.2. The second-order valence-electron chi connectivity index (χ2n) is 7.30. The number of benzene rings is 1. The van der Waals surface area contributed by atoms with Gasteiger partial charge >= 0.3 is 11.8 Å². The third kappa shape index (κ3) is 3.52. The molecule has 2 aliphatic carbocycles. The Kier molecular flexibility index (Phi) is 4.19. The smallest absolute Gasteiger partial charge is 0.313 e. The van der Waals surface area contributed by atoms with Crippen LogP contribution in [0.4, 0.5) is 5.69 Å². The first-order valence-corrected chi connectivity index (χ1v) is 9.12. The zero-order valence-electron chi connectivity index (χ0n) is 14.4. The number of rotatable bonds is 3. The summed E-state index contributed by atoms with van der Waals surface area (Å²) in [7, 11) is 0. The van der Waals surface area contributed by atoms with Crippen molar-refractivity contribution in [3.05, 3.63) is 24.1 Å². The summed E-state index contributed by atoms with van der Waals surface area (Å²) in [6.07, 6.45) is 6.57. The van der Waals surface area contributed by atoms with Crippen molar-refractivity contribution in [3.63, 3.8) is 0 Å². The Labute approximate surface area is 146 Å². The van der Waals surface area contributed by atoms with Crippen LogP contribution in [0.15, 0.2) is 22.6 Å². The molecule has 0 spiro atoms. The average Bonchev–Trinajstić information content (AvgIpc) is 3.36. The first kappa shape index (κ1) is 16.1. The summed E-state index contributed by atoms with van der Waals surface area (Å²) in [6, 6.07) is 5.36. The molecule has 4 rings (SSSR count). The number of hydrogen-bond donors (Lipinski definition) is 2. The molecule has 6 nitrogen and oxygen atoms in total. The number of carbonyl (C=O) groups is 2. The van der Waals surface area contributed by atoms with Crippen molar-refractivity contribution in [2.45, 2.75) is 57.4 Å². The van der Waals surface area contributed by atoms with Crippen LogP contribution in [-0.4, -0.2) is 22.8 Å². The maximum atomic E-state index is 12.2. The van der Waals surface area contributed by atoms with Crippen molar-refractivity contribution in [1.82, 2.24) is 10.3 Å². The summed E-state index contributed by atoms with van der Waals surface area (Å²) in [6.45, 7) is 2.12. The van der Waals surface area contributed by atoms with Gasteiger partial charge in [0.15, 0.2) is 11.5 Å². The highest BCUT2D eigenvalue weighted by molar-refractivity contribution is 6.39. The predicted octanol–water partition coefficient (Wildman–Crippen LogP) is 3.34. The Balaban J connectivity index is 1.41. The molecule has 2 amide bonds. The molecule has 0 saturated heterocycles. The van der Waals surface area contributed by atoms with Crippen molar-refractivity contribution >= 4 is 28.6 Å². The lowest BCUT2D eigenvalue weighted by atomic mass is 9.86. The number of fused-ring (bicyclic) bond motifs is 1. The minimum atomic E-state index is -0.636. The van der Waals surface area contributed by atoms with Crippen molar-refractivity contribution in [2.75, 3.05) is 5.32 Å². The van der Waals surface area contributed by atoms with E-state index in [-0.39, 0.29) is 6.04 Å². The van der Waals surface area contributed by atoms with Gasteiger partial charge in [-0.15, -0.1) is 0 Å². The minimum Gasteiger partial charge on any atom is -0.440 e. The lowest BCUT2D eigenvalue weighted by molar-refractivity contribution is -0.137. The van der Waals surface area contributed by atoms with E-state index in [1.165, 1.54) is 6.42 Å². The molecule has 0 radical (unpaired) electrons. The standard InChI is InChI=1S/C19H23N3O3/c1-11-4-2-3-5-14(11)21-18(24)17(23)20-13-8-9-16-15(10-13)22-19(25-16)12-6-7-12/h8-12,14H,2-7H2,1H3,(H,20,23)(H,21,24)/t11-,14+/m0/s1. The van der Waals surface area contributed by atoms with E-state index in [9.17, 15) is 9.59 Å². The van der Waals surface area contributed by atoms with Crippen LogP contribution in [0.1, 0.15) is 57.3 Å². The van der Waals surface area contributed by atoms with Gasteiger partial charge in [0.05, 0.1) is 0 Å². The van der Waals surface area contributed by atoms with Gasteiger partial charge in [0, 0.05) is 17.6 Å². The molecule has 2 aromatic rings. The summed E-state index contributed by atoms with van der Waals surface area (Å²) in [5.74, 6) is 0.412. The van der Waals surface area contributed by atoms with Gasteiger partial charge in [-0.05, 0) is 49.8 Å². The molecule has 2 aliphatic rings. The van der Waals surface area contributed by atoms with E-state index in [2.05, 4.69) is 22.5 Å². The van der Waals surface area contributed by atoms with Crippen LogP contribution in [0.25, 0.3) is 11.1 Å². The Morgan fingerprint density at radius 2 is 1.92 bits per heavy atom. The van der Waals surface area contributed by atoms with Gasteiger partial charge in [0.25, 0.3) is 0 Å². The van der Waals surface area contributed by atoms with E-state index >= 15 is 0 Å². The van der Waals surface area contributed by atoms with Crippen LogP contribution in [0, 0.1) is 5.92 Å². The molecule has 2 N–H and O–H groups in total. The quantitative estimate of drug-likeness (QED) is 0.839. The van der Waals surface area contributed by atoms with Crippen LogP contribution in [-0.2, 0) is 9.59 Å². The van der Waals surface area contributed by atoms with Crippen molar-refractivity contribution in [1.29, 1.82) is 0 Å². The topological polar surface area (TPSA) is 84.2 Å². The molecular weight excluding hydrogens is 318 g/mol. The third-order valence-electron chi connectivity index (χ3n) is 5.22. The first-order valence-electron chi connectivity index (χ1n) is 9.12. The third-order valence-corrected chi connectivity index (χ3v) is 5.22. The first-order chi connectivity index (χ1) is 12.1. The van der Waals surface area contributed by atoms with Crippen LogP contribution in [0.3, 0.4) is 0 Å². The highest BCUT2D eigenvalue weighted by Gasteiger charge is 2.29. The fourth-order valence-corrected chi connectivity index (χ4v) is 3.48. The SMILES string of the molecule is C[C@H]1CCCC[C@H]1NC(=O)C(=O)Nc1ccc2oc(C3CC3)nc2c1. The van der Waals surface area contributed by atoms with E-state index in [1.54, 1.807) is 18.2 Å². The Morgan fingerprint density at radius 3 is 2.68 bits per heavy atom. The van der Waals surface area contributed by atoms with Gasteiger partial charge < -0.3 is 15.1 Å². The number of oxazole rings is 1. The summed E-state index contributed by atoms with van der Waals surface area (Å²) < 4.78 is 5.71. The van der Waals surface area contributed by atoms with E-state index in [4.69, 9.17) is 4.42 Å². The summed E-state index contributed by atoms with van der Waals surface area (Å²) in [4.78, 5) is 28.8. The number of hydrogen-bond acceptors (Lipinski definition) is 4. The summed E-state index contributed by atoms with van der Waals surface area (Å²) in [5.41, 5.74) is 1.97. The van der Waals surface area contributed by atoms with Gasteiger partial charge in [-0.25, -0.2) is 4.98 Å². The van der Waals surface area contributed by atoms with Crippen LogP contribution in [0.5, 0.6) is 0 Å². The molecule has 0 unspecified atom stereocenters. The zero-order valence-corrected chi connectivity index (χ0v) is 14.4. The fourth-order valence-electron chi connectivity index (χ4n) is 3.48. The lowest BCUT2D eigenvalue weighted by Gasteiger charge is -2.29. The Hall–Kier alpha value is -2.37. The van der Waals surface area contributed by atoms with Gasteiger partial charge in [-0.1, -0.05) is 19.8 Å². The van der Waals surface area contributed by atoms with Crippen LogP contribution in [0.2, 0.25) is 0 Å². The number of carbonyl (C=O) groups excluding carboxylic acids is 2. The monoisotopic (exact) mass is 341 g/mol. The molecule has 2 saturated carbocycles. The number of anilines is 1. The molecule has 2 atom stereocenters. The minimum absolute atomic E-state index is 0.0890. The molecule has 6 heteroatoms. The van der Waals surface area contributed by atoms with E-state index in [0.717, 1.165) is 38.0 Å². The molecule has 0 bridgehead atoms. The molecule has 132 valence electrons. The van der Waals surface area contributed by atoms with Gasteiger partial charge in [0.1, 0.15) is 5.52 Å². The lowest BCUT2D eigenvalue weighted by Crippen LogP contribution is -2.45. The van der Waals surface area contributed by atoms with E-state index in [1.807, 2.05) is 0 Å². The zero-order chi connectivity index (χ0) is 17.4. The van der Waals surface area contributed by atoms with Crippen LogP contribution < -0.4 is 10.6 Å². The number of nitrogens with one attached hydrogen (secondary N) is 2. The fraction of sp³-hybridized carbons (Fsp3) is 0.526. The van der Waals surface area contributed by atoms with Crippen molar-refractivity contribution in [3.8, 4) is 0 Å². The number of aromatic nitrogens is 1. The van der Waals surface area contributed by atoms with Crippen molar-refractivity contribution < 1.29 is 14.0 Å². The van der Waals surface area contributed by atoms with E-state index in [0.29, 0.717) is 28.6 Å². The molecule has 0 aliphatic heterocycles. The number of nitrogens with zero attached hydrogens (tertiary/aromatic N) is 1. The van der Waals surface area contributed by atoms with Gasteiger partial charge in [0.2, 0.25) is 0 Å². The van der Waals surface area contributed by atoms with E-state index < -0.39 is 11.8 Å². The Morgan fingerprint density at radius 1 is 1.12 bits per heavy atom. The molecular formula is C19H23N3O3. The second-order valence-corrected chi connectivity index (χ2v) is 7.30. The second kappa shape index (κ2) is 6.50. The molecule has 1 aromatic heterocycles. The normalized spacial score (nSPS) is 23.4. The molecule has 1 aromatic carbocycles.